The van der Waals surface area contributed by atoms with Crippen molar-refractivity contribution in [3.8, 4) is 0 Å². The quantitative estimate of drug-likeness (QED) is 0.796. The summed E-state index contributed by atoms with van der Waals surface area (Å²) in [6.07, 6.45) is 0. The number of nitrogens with zero attached hydrogens (tertiary/aromatic N) is 4. The zero-order chi connectivity index (χ0) is 13.7. The van der Waals surface area contributed by atoms with Crippen LogP contribution in [0.2, 0.25) is 0 Å². The van der Waals surface area contributed by atoms with Crippen LogP contribution in [0.5, 0.6) is 0 Å². The van der Waals surface area contributed by atoms with Crippen molar-refractivity contribution in [3.63, 3.8) is 0 Å². The number of methoxy groups -OCH3 is 1. The van der Waals surface area contributed by atoms with Crippen LogP contribution in [0.1, 0.15) is 17.5 Å². The van der Waals surface area contributed by atoms with Gasteiger partial charge in [-0.25, -0.2) is 9.97 Å². The van der Waals surface area contributed by atoms with Gasteiger partial charge in [-0.15, -0.1) is 0 Å². The van der Waals surface area contributed by atoms with Crippen LogP contribution in [0.4, 0.5) is 11.6 Å². The lowest BCUT2D eigenvalue weighted by molar-refractivity contribution is 0.178. The van der Waals surface area contributed by atoms with Gasteiger partial charge in [0.05, 0.1) is 6.54 Å². The van der Waals surface area contributed by atoms with Crippen LogP contribution in [0.25, 0.3) is 0 Å². The molecular formula is C11H16N6O2. The maximum atomic E-state index is 5.03. The Morgan fingerprint density at radius 1 is 1.21 bits per heavy atom. The summed E-state index contributed by atoms with van der Waals surface area (Å²) >= 11 is 0. The average molecular weight is 264 g/mol. The third kappa shape index (κ3) is 3.62. The van der Waals surface area contributed by atoms with Crippen molar-refractivity contribution in [1.82, 2.24) is 20.1 Å². The van der Waals surface area contributed by atoms with Gasteiger partial charge in [0.25, 0.3) is 0 Å². The Balaban J connectivity index is 2.08. The van der Waals surface area contributed by atoms with Gasteiger partial charge < -0.3 is 19.9 Å². The maximum absolute atomic E-state index is 5.03. The molecule has 2 aromatic rings. The molecule has 0 aromatic carbocycles. The van der Waals surface area contributed by atoms with Gasteiger partial charge >= 0.3 is 0 Å². The smallest absolute Gasteiger partial charge is 0.223 e. The molecule has 0 atom stereocenters. The van der Waals surface area contributed by atoms with Gasteiger partial charge in [0.2, 0.25) is 5.89 Å². The molecule has 0 bridgehead atoms. The zero-order valence-electron chi connectivity index (χ0n) is 11.1. The highest BCUT2D eigenvalue weighted by atomic mass is 16.5. The van der Waals surface area contributed by atoms with E-state index >= 15 is 0 Å². The molecule has 0 saturated heterocycles. The highest BCUT2D eigenvalue weighted by molar-refractivity contribution is 5.47. The molecule has 0 amide bonds. The van der Waals surface area contributed by atoms with Crippen molar-refractivity contribution < 1.29 is 9.26 Å². The number of hydrogen-bond acceptors (Lipinski definition) is 8. The van der Waals surface area contributed by atoms with E-state index < -0.39 is 0 Å². The maximum Gasteiger partial charge on any atom is 0.223 e. The van der Waals surface area contributed by atoms with Crippen molar-refractivity contribution in [2.24, 2.45) is 0 Å². The van der Waals surface area contributed by atoms with E-state index in [9.17, 15) is 0 Å². The van der Waals surface area contributed by atoms with E-state index in [4.69, 9.17) is 9.26 Å². The van der Waals surface area contributed by atoms with Crippen LogP contribution >= 0.6 is 0 Å². The molecule has 0 saturated carbocycles. The fourth-order valence-electron chi connectivity index (χ4n) is 1.49. The highest BCUT2D eigenvalue weighted by Gasteiger charge is 2.06. The number of rotatable bonds is 6. The third-order valence-corrected chi connectivity index (χ3v) is 2.30. The monoisotopic (exact) mass is 264 g/mol. The first-order valence-electron chi connectivity index (χ1n) is 5.79. The molecular weight excluding hydrogens is 248 g/mol. The average Bonchev–Trinajstić information content (AvgIpc) is 2.82. The number of nitrogens with one attached hydrogen (secondary N) is 2. The van der Waals surface area contributed by atoms with E-state index in [1.165, 1.54) is 0 Å². The van der Waals surface area contributed by atoms with Crippen molar-refractivity contribution in [2.75, 3.05) is 24.8 Å². The minimum atomic E-state index is 0.353. The summed E-state index contributed by atoms with van der Waals surface area (Å²) in [5, 5.41) is 9.89. The van der Waals surface area contributed by atoms with Crippen molar-refractivity contribution >= 4 is 11.6 Å². The van der Waals surface area contributed by atoms with Gasteiger partial charge in [0.15, 0.2) is 11.6 Å². The molecule has 102 valence electrons. The van der Waals surface area contributed by atoms with E-state index in [1.54, 1.807) is 27.1 Å². The summed E-state index contributed by atoms with van der Waals surface area (Å²) in [4.78, 5) is 12.7. The number of ether oxygens (including phenoxy) is 1. The second-order valence-corrected chi connectivity index (χ2v) is 3.82. The molecule has 2 rings (SSSR count). The standard InChI is InChI=1S/C11H16N6O2/c1-7-14-10(17-19-7)5-13-9-4-8(12-2)15-11(16-9)6-18-3/h4H,5-6H2,1-3H3,(H2,12,13,15,16). The van der Waals surface area contributed by atoms with E-state index in [0.717, 1.165) is 0 Å². The molecule has 0 radical (unpaired) electrons. The Labute approximate surface area is 110 Å². The first kappa shape index (κ1) is 13.2. The minimum Gasteiger partial charge on any atom is -0.377 e. The molecule has 0 fully saturated rings. The molecule has 0 unspecified atom stereocenters. The second-order valence-electron chi connectivity index (χ2n) is 3.82. The lowest BCUT2D eigenvalue weighted by Crippen LogP contribution is -2.08. The summed E-state index contributed by atoms with van der Waals surface area (Å²) in [7, 11) is 3.40. The molecule has 19 heavy (non-hydrogen) atoms. The normalized spacial score (nSPS) is 10.5. The first-order valence-corrected chi connectivity index (χ1v) is 5.79. The lowest BCUT2D eigenvalue weighted by Gasteiger charge is -2.08. The third-order valence-electron chi connectivity index (χ3n) is 2.30. The van der Waals surface area contributed by atoms with Crippen LogP contribution in [0, 0.1) is 6.92 Å². The van der Waals surface area contributed by atoms with Crippen molar-refractivity contribution in [3.05, 3.63) is 23.6 Å². The Kier molecular flexibility index (Phi) is 4.24. The Bertz CT molecular complexity index is 542. The van der Waals surface area contributed by atoms with Crippen molar-refractivity contribution in [1.29, 1.82) is 0 Å². The molecule has 0 aliphatic heterocycles. The van der Waals surface area contributed by atoms with E-state index in [1.807, 2.05) is 0 Å². The largest absolute Gasteiger partial charge is 0.377 e. The second kappa shape index (κ2) is 6.10. The number of hydrogen-bond donors (Lipinski definition) is 2. The van der Waals surface area contributed by atoms with E-state index in [0.29, 0.717) is 42.3 Å². The van der Waals surface area contributed by atoms with Gasteiger partial charge in [-0.3, -0.25) is 0 Å². The summed E-state index contributed by atoms with van der Waals surface area (Å²) in [5.74, 6) is 3.11. The molecule has 0 aliphatic rings. The van der Waals surface area contributed by atoms with Gasteiger partial charge in [-0.05, 0) is 0 Å². The molecule has 0 spiro atoms. The number of anilines is 2. The van der Waals surface area contributed by atoms with Gasteiger partial charge in [0.1, 0.15) is 18.2 Å². The van der Waals surface area contributed by atoms with E-state index in [-0.39, 0.29) is 0 Å². The molecule has 2 N–H and O–H groups in total. The fraction of sp³-hybridized carbons (Fsp3) is 0.455. The first-order chi connectivity index (χ1) is 9.21. The summed E-state index contributed by atoms with van der Waals surface area (Å²) in [6, 6.07) is 1.80. The van der Waals surface area contributed by atoms with Gasteiger partial charge in [-0.1, -0.05) is 5.16 Å². The number of aromatic nitrogens is 4. The molecule has 2 aromatic heterocycles. The molecule has 8 heteroatoms. The van der Waals surface area contributed by atoms with Crippen LogP contribution < -0.4 is 10.6 Å². The highest BCUT2D eigenvalue weighted by Crippen LogP contribution is 2.12. The van der Waals surface area contributed by atoms with Crippen LogP contribution in [-0.2, 0) is 17.9 Å². The molecule has 2 heterocycles. The number of aryl methyl sites for hydroxylation is 1. The van der Waals surface area contributed by atoms with Crippen molar-refractivity contribution in [2.45, 2.75) is 20.1 Å². The molecule has 0 aliphatic carbocycles. The minimum absolute atomic E-state index is 0.353. The Morgan fingerprint density at radius 3 is 2.63 bits per heavy atom. The summed E-state index contributed by atoms with van der Waals surface area (Å²) in [6.45, 7) is 2.53. The summed E-state index contributed by atoms with van der Waals surface area (Å²) in [5.41, 5.74) is 0. The predicted octanol–water partition coefficient (Wildman–Crippen LogP) is 0.968. The van der Waals surface area contributed by atoms with Gasteiger partial charge in [-0.2, -0.15) is 4.98 Å². The lowest BCUT2D eigenvalue weighted by atomic mass is 10.4. The zero-order valence-corrected chi connectivity index (χ0v) is 11.1. The fourth-order valence-corrected chi connectivity index (χ4v) is 1.49. The van der Waals surface area contributed by atoms with Gasteiger partial charge in [0, 0.05) is 27.1 Å². The van der Waals surface area contributed by atoms with E-state index in [2.05, 4.69) is 30.7 Å². The topological polar surface area (TPSA) is 98.0 Å². The SMILES string of the molecule is CNc1cc(NCc2noc(C)n2)nc(COC)n1. The summed E-state index contributed by atoms with van der Waals surface area (Å²) < 4.78 is 9.92. The van der Waals surface area contributed by atoms with Crippen LogP contribution in [0.15, 0.2) is 10.6 Å². The van der Waals surface area contributed by atoms with Crippen LogP contribution in [0.3, 0.4) is 0 Å². The predicted molar refractivity (Wildman–Crippen MR) is 68.7 cm³/mol. The van der Waals surface area contributed by atoms with Crippen LogP contribution in [-0.4, -0.2) is 34.3 Å². The Hall–Kier alpha value is -2.22. The Morgan fingerprint density at radius 2 is 2.00 bits per heavy atom. The molecule has 8 nitrogen and oxygen atoms in total.